The highest BCUT2D eigenvalue weighted by atomic mass is 16.3. The Bertz CT molecular complexity index is 665. The minimum atomic E-state index is -0.526. The van der Waals surface area contributed by atoms with Crippen LogP contribution in [0.25, 0.3) is 0 Å². The first-order valence-corrected chi connectivity index (χ1v) is 9.37. The Kier molecular flexibility index (Phi) is 4.81. The molecule has 2 aliphatic heterocycles. The minimum Gasteiger partial charge on any atom is -0.467 e. The first kappa shape index (κ1) is 16.7. The van der Waals surface area contributed by atoms with Crippen LogP contribution in [0.4, 0.5) is 0 Å². The number of nitrogens with one attached hydrogen (secondary N) is 1. The van der Waals surface area contributed by atoms with Gasteiger partial charge < -0.3 is 14.6 Å². The quantitative estimate of drug-likeness (QED) is 0.822. The molecule has 1 aromatic heterocycles. The largest absolute Gasteiger partial charge is 0.467 e. The summed E-state index contributed by atoms with van der Waals surface area (Å²) >= 11 is 0. The summed E-state index contributed by atoms with van der Waals surface area (Å²) in [6.07, 6.45) is 7.85. The minimum absolute atomic E-state index is 0.305. The standard InChI is InChI=1S/C19H25N3O3/c23-18-16(17(19(18)24)21-12-14-6-4-10-25-14)20-11-13-5-3-9-22-8-2-1-7-15(13)22/h4,6,10,13,15-16,20H,1-3,5,7-9,11-12H2. The van der Waals surface area contributed by atoms with Gasteiger partial charge in [-0.1, -0.05) is 6.42 Å². The maximum absolute atomic E-state index is 12.0. The van der Waals surface area contributed by atoms with E-state index in [1.165, 1.54) is 45.2 Å². The molecule has 0 aromatic carbocycles. The summed E-state index contributed by atoms with van der Waals surface area (Å²) in [5, 5.41) is 3.32. The van der Waals surface area contributed by atoms with E-state index in [1.807, 2.05) is 6.07 Å². The third-order valence-electron chi connectivity index (χ3n) is 5.79. The highest BCUT2D eigenvalue weighted by Crippen LogP contribution is 2.30. The topological polar surface area (TPSA) is 74.9 Å². The molecule has 25 heavy (non-hydrogen) atoms. The number of hydrogen-bond acceptors (Lipinski definition) is 6. The number of carbonyl (C=O) groups excluding carboxylic acids is 2. The molecule has 3 heterocycles. The third-order valence-corrected chi connectivity index (χ3v) is 5.79. The van der Waals surface area contributed by atoms with E-state index in [2.05, 4.69) is 15.2 Å². The molecule has 3 atom stereocenters. The number of aliphatic imine (C=N–C) groups is 1. The van der Waals surface area contributed by atoms with Crippen molar-refractivity contribution in [1.82, 2.24) is 10.2 Å². The van der Waals surface area contributed by atoms with E-state index >= 15 is 0 Å². The molecule has 1 N–H and O–H groups in total. The molecular formula is C19H25N3O3. The van der Waals surface area contributed by atoms with Crippen LogP contribution in [0.5, 0.6) is 0 Å². The fourth-order valence-corrected chi connectivity index (χ4v) is 4.44. The average Bonchev–Trinajstić information content (AvgIpc) is 3.17. The maximum atomic E-state index is 12.0. The van der Waals surface area contributed by atoms with Crippen LogP contribution in [0.15, 0.2) is 27.8 Å². The monoisotopic (exact) mass is 343 g/mol. The molecule has 134 valence electrons. The van der Waals surface area contributed by atoms with Crippen molar-refractivity contribution in [3.63, 3.8) is 0 Å². The molecule has 6 heteroatoms. The average molecular weight is 343 g/mol. The predicted molar refractivity (Wildman–Crippen MR) is 93.6 cm³/mol. The molecule has 0 spiro atoms. The van der Waals surface area contributed by atoms with E-state index in [4.69, 9.17) is 4.42 Å². The number of piperidine rings is 2. The molecule has 4 rings (SSSR count). The van der Waals surface area contributed by atoms with Crippen LogP contribution in [0.1, 0.15) is 37.9 Å². The molecule has 0 amide bonds. The lowest BCUT2D eigenvalue weighted by Gasteiger charge is -2.45. The Labute approximate surface area is 147 Å². The number of hydrogen-bond donors (Lipinski definition) is 1. The van der Waals surface area contributed by atoms with Gasteiger partial charge in [-0.3, -0.25) is 14.6 Å². The van der Waals surface area contributed by atoms with Crippen molar-refractivity contribution in [3.8, 4) is 0 Å². The summed E-state index contributed by atoms with van der Waals surface area (Å²) in [6.45, 7) is 3.50. The van der Waals surface area contributed by atoms with Crippen molar-refractivity contribution in [2.45, 2.75) is 50.7 Å². The van der Waals surface area contributed by atoms with Gasteiger partial charge in [-0.2, -0.15) is 0 Å². The van der Waals surface area contributed by atoms with Gasteiger partial charge in [0.1, 0.15) is 17.5 Å². The summed E-state index contributed by atoms with van der Waals surface area (Å²) < 4.78 is 5.23. The van der Waals surface area contributed by atoms with Crippen LogP contribution in [0.3, 0.4) is 0 Å². The van der Waals surface area contributed by atoms with E-state index in [-0.39, 0.29) is 5.78 Å². The van der Waals surface area contributed by atoms with E-state index in [9.17, 15) is 9.59 Å². The molecule has 2 saturated heterocycles. The zero-order valence-corrected chi connectivity index (χ0v) is 14.4. The summed E-state index contributed by atoms with van der Waals surface area (Å²) in [5.41, 5.74) is 0.359. The lowest BCUT2D eigenvalue weighted by molar-refractivity contribution is -0.136. The van der Waals surface area contributed by atoms with Crippen molar-refractivity contribution < 1.29 is 14.0 Å². The second-order valence-corrected chi connectivity index (χ2v) is 7.32. The van der Waals surface area contributed by atoms with Gasteiger partial charge in [0.2, 0.25) is 11.6 Å². The second-order valence-electron chi connectivity index (χ2n) is 7.32. The first-order chi connectivity index (χ1) is 12.2. The Morgan fingerprint density at radius 3 is 2.92 bits per heavy atom. The van der Waals surface area contributed by atoms with E-state index in [0.717, 1.165) is 6.54 Å². The van der Waals surface area contributed by atoms with Crippen molar-refractivity contribution in [2.75, 3.05) is 19.6 Å². The Morgan fingerprint density at radius 2 is 2.08 bits per heavy atom. The Hall–Kier alpha value is -1.79. The molecule has 3 fully saturated rings. The van der Waals surface area contributed by atoms with Crippen LogP contribution in [-0.4, -0.2) is 53.9 Å². The molecule has 0 radical (unpaired) electrons. The summed E-state index contributed by atoms with van der Waals surface area (Å²) in [4.78, 5) is 30.7. The Morgan fingerprint density at radius 1 is 1.20 bits per heavy atom. The van der Waals surface area contributed by atoms with Crippen molar-refractivity contribution >= 4 is 17.3 Å². The smallest absolute Gasteiger partial charge is 0.246 e. The van der Waals surface area contributed by atoms with Gasteiger partial charge in [0.05, 0.1) is 12.8 Å². The van der Waals surface area contributed by atoms with E-state index in [0.29, 0.717) is 30.0 Å². The van der Waals surface area contributed by atoms with E-state index < -0.39 is 11.8 Å². The van der Waals surface area contributed by atoms with Crippen molar-refractivity contribution in [1.29, 1.82) is 0 Å². The molecule has 3 unspecified atom stereocenters. The number of furan rings is 1. The molecule has 1 saturated carbocycles. The normalized spacial score (nSPS) is 31.8. The number of Topliss-reactive ketones (excluding diaryl/α,β-unsaturated/α-hetero) is 2. The predicted octanol–water partition coefficient (Wildman–Crippen LogP) is 1.60. The van der Waals surface area contributed by atoms with Crippen molar-refractivity contribution in [2.24, 2.45) is 10.9 Å². The highest BCUT2D eigenvalue weighted by molar-refractivity contribution is 6.80. The molecule has 0 bridgehead atoms. The number of ketones is 2. The van der Waals surface area contributed by atoms with Gasteiger partial charge in [0, 0.05) is 12.6 Å². The number of carbonyl (C=O) groups is 2. The van der Waals surface area contributed by atoms with Crippen LogP contribution < -0.4 is 5.32 Å². The molecule has 1 aliphatic carbocycles. The molecule has 1 aromatic rings. The SMILES string of the molecule is O=C1C(=O)C(NCC2CCCN3CCCCC23)C1=NCc1ccco1. The van der Waals surface area contributed by atoms with Crippen molar-refractivity contribution in [3.05, 3.63) is 24.2 Å². The summed E-state index contributed by atoms with van der Waals surface area (Å²) in [6, 6.07) is 3.71. The zero-order valence-electron chi connectivity index (χ0n) is 14.4. The fourth-order valence-electron chi connectivity index (χ4n) is 4.44. The summed E-state index contributed by atoms with van der Waals surface area (Å²) in [7, 11) is 0. The van der Waals surface area contributed by atoms with Crippen LogP contribution >= 0.6 is 0 Å². The van der Waals surface area contributed by atoms with Gasteiger partial charge >= 0.3 is 0 Å². The zero-order chi connectivity index (χ0) is 17.2. The second kappa shape index (κ2) is 7.22. The lowest BCUT2D eigenvalue weighted by Crippen LogP contribution is -2.63. The van der Waals surface area contributed by atoms with Crippen LogP contribution in [-0.2, 0) is 16.1 Å². The van der Waals surface area contributed by atoms with Gasteiger partial charge in [-0.05, 0) is 56.8 Å². The van der Waals surface area contributed by atoms with Gasteiger partial charge in [0.25, 0.3) is 0 Å². The van der Waals surface area contributed by atoms with E-state index in [1.54, 1.807) is 12.3 Å². The molecule has 3 aliphatic rings. The number of fused-ring (bicyclic) bond motifs is 1. The first-order valence-electron chi connectivity index (χ1n) is 9.37. The molecule has 6 nitrogen and oxygen atoms in total. The highest BCUT2D eigenvalue weighted by Gasteiger charge is 2.46. The molecular weight excluding hydrogens is 318 g/mol. The maximum Gasteiger partial charge on any atom is 0.246 e. The van der Waals surface area contributed by atoms with Crippen LogP contribution in [0.2, 0.25) is 0 Å². The number of rotatable bonds is 5. The van der Waals surface area contributed by atoms with Gasteiger partial charge in [0.15, 0.2) is 0 Å². The fraction of sp³-hybridized carbons (Fsp3) is 0.632. The van der Waals surface area contributed by atoms with Crippen LogP contribution in [0, 0.1) is 5.92 Å². The summed E-state index contributed by atoms with van der Waals surface area (Å²) in [5.74, 6) is 0.453. The Balaban J connectivity index is 1.36. The lowest BCUT2D eigenvalue weighted by atomic mass is 9.82. The third kappa shape index (κ3) is 3.33. The van der Waals surface area contributed by atoms with Gasteiger partial charge in [-0.15, -0.1) is 0 Å². The van der Waals surface area contributed by atoms with Gasteiger partial charge in [-0.25, -0.2) is 0 Å². The number of nitrogens with zero attached hydrogens (tertiary/aromatic N) is 2.